The van der Waals surface area contributed by atoms with Crippen LogP contribution in [0.5, 0.6) is 0 Å². The molecule has 0 aliphatic rings. The zero-order valence-electron chi connectivity index (χ0n) is 11.9. The Bertz CT molecular complexity index is 661. The van der Waals surface area contributed by atoms with E-state index in [1.807, 2.05) is 35.1 Å². The van der Waals surface area contributed by atoms with Gasteiger partial charge in [-0.3, -0.25) is 4.68 Å². The highest BCUT2D eigenvalue weighted by Crippen LogP contribution is 2.21. The monoisotopic (exact) mass is 298 g/mol. The largest absolute Gasteiger partial charge is 0.306 e. The molecule has 3 aromatic rings. The van der Waals surface area contributed by atoms with Crippen LogP contribution in [0, 0.1) is 0 Å². The van der Waals surface area contributed by atoms with Crippen LogP contribution in [0.15, 0.2) is 54.2 Å². The number of benzene rings is 1. The zero-order valence-corrected chi connectivity index (χ0v) is 12.8. The normalized spacial score (nSPS) is 12.4. The van der Waals surface area contributed by atoms with Crippen LogP contribution in [0.1, 0.15) is 11.9 Å². The second-order valence-electron chi connectivity index (χ2n) is 5.00. The van der Waals surface area contributed by atoms with E-state index in [1.165, 1.54) is 5.56 Å². The predicted molar refractivity (Wildman–Crippen MR) is 86.1 cm³/mol. The van der Waals surface area contributed by atoms with Gasteiger partial charge in [0.1, 0.15) is 5.01 Å². The van der Waals surface area contributed by atoms with Crippen LogP contribution in [0.25, 0.3) is 11.3 Å². The molecule has 0 saturated carbocycles. The third kappa shape index (κ3) is 3.77. The second-order valence-corrected chi connectivity index (χ2v) is 5.95. The molecule has 2 heterocycles. The molecule has 0 fully saturated rings. The van der Waals surface area contributed by atoms with Gasteiger partial charge in [-0.1, -0.05) is 30.3 Å². The fraction of sp³-hybridized carbons (Fsp3) is 0.250. The Kier molecular flexibility index (Phi) is 4.43. The Morgan fingerprint density at radius 2 is 2.10 bits per heavy atom. The lowest BCUT2D eigenvalue weighted by molar-refractivity contribution is 0.450. The smallest absolute Gasteiger partial charge is 0.107 e. The summed E-state index contributed by atoms with van der Waals surface area (Å²) in [4.78, 5) is 4.68. The van der Waals surface area contributed by atoms with E-state index in [4.69, 9.17) is 0 Å². The van der Waals surface area contributed by atoms with Crippen molar-refractivity contribution in [3.8, 4) is 11.3 Å². The van der Waals surface area contributed by atoms with Gasteiger partial charge in [0.05, 0.1) is 12.2 Å². The van der Waals surface area contributed by atoms with E-state index in [2.05, 4.69) is 39.8 Å². The molecule has 0 bridgehead atoms. The van der Waals surface area contributed by atoms with Crippen molar-refractivity contribution in [1.29, 1.82) is 0 Å². The molecule has 3 rings (SSSR count). The molecular weight excluding hydrogens is 280 g/mol. The maximum absolute atomic E-state index is 4.68. The molecule has 1 N–H and O–H groups in total. The van der Waals surface area contributed by atoms with Crippen molar-refractivity contribution in [3.05, 3.63) is 59.2 Å². The quantitative estimate of drug-likeness (QED) is 0.760. The molecule has 2 aromatic heterocycles. The van der Waals surface area contributed by atoms with Gasteiger partial charge in [-0.05, 0) is 13.0 Å². The molecule has 1 aromatic carbocycles. The summed E-state index contributed by atoms with van der Waals surface area (Å²) in [5.74, 6) is 0. The van der Waals surface area contributed by atoms with Crippen LogP contribution in [-0.4, -0.2) is 20.8 Å². The SMILES string of the molecule is CC(Cn1cccn1)NCc1nc(-c2ccccc2)cs1. The van der Waals surface area contributed by atoms with Crippen molar-refractivity contribution in [3.63, 3.8) is 0 Å². The number of nitrogens with one attached hydrogen (secondary N) is 1. The van der Waals surface area contributed by atoms with Crippen molar-refractivity contribution in [2.75, 3.05) is 0 Å². The highest BCUT2D eigenvalue weighted by Gasteiger charge is 2.07. The first-order valence-corrected chi connectivity index (χ1v) is 7.90. The molecule has 0 aliphatic carbocycles. The standard InChI is InChI=1S/C16H18N4S/c1-13(11-20-9-5-8-18-20)17-10-16-19-15(12-21-16)14-6-3-2-4-7-14/h2-9,12-13,17H,10-11H2,1H3. The van der Waals surface area contributed by atoms with Crippen molar-refractivity contribution in [1.82, 2.24) is 20.1 Å². The van der Waals surface area contributed by atoms with E-state index in [1.54, 1.807) is 17.5 Å². The number of hydrogen-bond donors (Lipinski definition) is 1. The van der Waals surface area contributed by atoms with E-state index in [0.29, 0.717) is 6.04 Å². The maximum Gasteiger partial charge on any atom is 0.107 e. The minimum Gasteiger partial charge on any atom is -0.306 e. The third-order valence-corrected chi connectivity index (χ3v) is 4.09. The van der Waals surface area contributed by atoms with Gasteiger partial charge in [-0.15, -0.1) is 11.3 Å². The first-order valence-electron chi connectivity index (χ1n) is 7.02. The lowest BCUT2D eigenvalue weighted by atomic mass is 10.2. The third-order valence-electron chi connectivity index (χ3n) is 3.24. The van der Waals surface area contributed by atoms with Crippen molar-refractivity contribution in [2.45, 2.75) is 26.1 Å². The molecule has 0 amide bonds. The van der Waals surface area contributed by atoms with Crippen molar-refractivity contribution in [2.24, 2.45) is 0 Å². The zero-order chi connectivity index (χ0) is 14.5. The first-order chi connectivity index (χ1) is 10.3. The highest BCUT2D eigenvalue weighted by molar-refractivity contribution is 7.09. The minimum absolute atomic E-state index is 0.356. The number of rotatable bonds is 6. The summed E-state index contributed by atoms with van der Waals surface area (Å²) in [5, 5.41) is 10.9. The van der Waals surface area contributed by atoms with Gasteiger partial charge in [0.25, 0.3) is 0 Å². The van der Waals surface area contributed by atoms with E-state index >= 15 is 0 Å². The lowest BCUT2D eigenvalue weighted by Crippen LogP contribution is -2.30. The maximum atomic E-state index is 4.68. The van der Waals surface area contributed by atoms with E-state index in [-0.39, 0.29) is 0 Å². The van der Waals surface area contributed by atoms with E-state index < -0.39 is 0 Å². The number of aromatic nitrogens is 3. The Morgan fingerprint density at radius 1 is 1.24 bits per heavy atom. The Morgan fingerprint density at radius 3 is 2.86 bits per heavy atom. The van der Waals surface area contributed by atoms with Crippen LogP contribution in [0.4, 0.5) is 0 Å². The van der Waals surface area contributed by atoms with Crippen LogP contribution in [0.2, 0.25) is 0 Å². The lowest BCUT2D eigenvalue weighted by Gasteiger charge is -2.12. The van der Waals surface area contributed by atoms with Crippen LogP contribution in [-0.2, 0) is 13.1 Å². The molecule has 0 radical (unpaired) electrons. The van der Waals surface area contributed by atoms with Gasteiger partial charge >= 0.3 is 0 Å². The van der Waals surface area contributed by atoms with Gasteiger partial charge in [-0.2, -0.15) is 5.10 Å². The molecule has 108 valence electrons. The van der Waals surface area contributed by atoms with Crippen molar-refractivity contribution >= 4 is 11.3 Å². The Balaban J connectivity index is 1.55. The fourth-order valence-electron chi connectivity index (χ4n) is 2.15. The number of thiazole rings is 1. The van der Waals surface area contributed by atoms with E-state index in [9.17, 15) is 0 Å². The molecule has 1 unspecified atom stereocenters. The van der Waals surface area contributed by atoms with Crippen LogP contribution >= 0.6 is 11.3 Å². The molecule has 5 heteroatoms. The summed E-state index contributed by atoms with van der Waals surface area (Å²) in [5.41, 5.74) is 2.22. The Labute approximate surface area is 128 Å². The molecule has 21 heavy (non-hydrogen) atoms. The van der Waals surface area contributed by atoms with Gasteiger partial charge in [-0.25, -0.2) is 4.98 Å². The van der Waals surface area contributed by atoms with Gasteiger partial charge < -0.3 is 5.32 Å². The molecular formula is C16H18N4S. The predicted octanol–water partition coefficient (Wildman–Crippen LogP) is 3.18. The van der Waals surface area contributed by atoms with Gasteiger partial charge in [0.2, 0.25) is 0 Å². The average Bonchev–Trinajstić information content (AvgIpc) is 3.17. The molecule has 0 saturated heterocycles. The summed E-state index contributed by atoms with van der Waals surface area (Å²) in [7, 11) is 0. The number of hydrogen-bond acceptors (Lipinski definition) is 4. The minimum atomic E-state index is 0.356. The van der Waals surface area contributed by atoms with Crippen molar-refractivity contribution < 1.29 is 0 Å². The molecule has 0 spiro atoms. The van der Waals surface area contributed by atoms with Gasteiger partial charge in [0, 0.05) is 35.9 Å². The Hall–Kier alpha value is -1.98. The summed E-state index contributed by atoms with van der Waals surface area (Å²) >= 11 is 1.70. The highest BCUT2D eigenvalue weighted by atomic mass is 32.1. The van der Waals surface area contributed by atoms with Crippen LogP contribution < -0.4 is 5.32 Å². The number of nitrogens with zero attached hydrogens (tertiary/aromatic N) is 3. The summed E-state index contributed by atoms with van der Waals surface area (Å²) in [6.07, 6.45) is 3.79. The topological polar surface area (TPSA) is 42.7 Å². The second kappa shape index (κ2) is 6.65. The first kappa shape index (κ1) is 14.0. The molecule has 4 nitrogen and oxygen atoms in total. The summed E-state index contributed by atoms with van der Waals surface area (Å²) < 4.78 is 1.94. The average molecular weight is 298 g/mol. The summed E-state index contributed by atoms with van der Waals surface area (Å²) in [6, 6.07) is 12.6. The molecule has 0 aliphatic heterocycles. The fourth-order valence-corrected chi connectivity index (χ4v) is 2.90. The molecule has 1 atom stereocenters. The summed E-state index contributed by atoms with van der Waals surface area (Å²) in [6.45, 7) is 3.82. The van der Waals surface area contributed by atoms with E-state index in [0.717, 1.165) is 23.8 Å². The van der Waals surface area contributed by atoms with Crippen LogP contribution in [0.3, 0.4) is 0 Å². The van der Waals surface area contributed by atoms with Gasteiger partial charge in [0.15, 0.2) is 0 Å².